The van der Waals surface area contributed by atoms with Crippen molar-refractivity contribution in [3.63, 3.8) is 0 Å². The lowest BCUT2D eigenvalue weighted by atomic mass is 9.98. The Hall–Kier alpha value is -2.87. The predicted molar refractivity (Wildman–Crippen MR) is 113 cm³/mol. The summed E-state index contributed by atoms with van der Waals surface area (Å²) < 4.78 is 5.64. The van der Waals surface area contributed by atoms with E-state index in [-0.39, 0.29) is 23.6 Å². The second-order valence-corrected chi connectivity index (χ2v) is 7.15. The van der Waals surface area contributed by atoms with Crippen molar-refractivity contribution in [3.05, 3.63) is 66.2 Å². The van der Waals surface area contributed by atoms with Crippen LogP contribution >= 0.6 is 12.6 Å². The molecule has 0 atom stereocenters. The first-order valence-electron chi connectivity index (χ1n) is 8.71. The van der Waals surface area contributed by atoms with Crippen LogP contribution in [0.3, 0.4) is 0 Å². The van der Waals surface area contributed by atoms with Crippen LogP contribution in [0, 0.1) is 0 Å². The Bertz CT molecular complexity index is 958. The highest BCUT2D eigenvalue weighted by atomic mass is 32.1. The van der Waals surface area contributed by atoms with Crippen LogP contribution in [0.5, 0.6) is 17.2 Å². The van der Waals surface area contributed by atoms with E-state index >= 15 is 0 Å². The van der Waals surface area contributed by atoms with Crippen LogP contribution in [0.25, 0.3) is 11.1 Å². The van der Waals surface area contributed by atoms with Crippen LogP contribution < -0.4 is 21.9 Å². The summed E-state index contributed by atoms with van der Waals surface area (Å²) in [7, 11) is 0. The molecular weight excluding hydrogens is 374 g/mol. The number of aryl methyl sites for hydroxylation is 1. The van der Waals surface area contributed by atoms with Crippen molar-refractivity contribution in [1.29, 1.82) is 0 Å². The van der Waals surface area contributed by atoms with Gasteiger partial charge in [-0.3, -0.25) is 11.5 Å². The summed E-state index contributed by atoms with van der Waals surface area (Å²) in [6.07, 6.45) is 0.644. The molecule has 0 aliphatic rings. The molecule has 0 spiro atoms. The van der Waals surface area contributed by atoms with E-state index in [2.05, 4.69) is 12.6 Å². The van der Waals surface area contributed by atoms with Gasteiger partial charge in [-0.2, -0.15) is 0 Å². The number of nitrogen functional groups attached to an aromatic ring is 1. The molecule has 0 amide bonds. The van der Waals surface area contributed by atoms with E-state index in [0.717, 1.165) is 10.5 Å². The van der Waals surface area contributed by atoms with Gasteiger partial charge in [0.1, 0.15) is 17.2 Å². The zero-order chi connectivity index (χ0) is 20.3. The molecule has 0 bridgehead atoms. The number of phenols is 2. The van der Waals surface area contributed by atoms with E-state index in [1.54, 1.807) is 54.6 Å². The van der Waals surface area contributed by atoms with E-state index in [0.29, 0.717) is 23.3 Å². The van der Waals surface area contributed by atoms with Crippen LogP contribution in [0.1, 0.15) is 12.0 Å². The minimum atomic E-state index is -1.41. The number of rotatable bonds is 6. The summed E-state index contributed by atoms with van der Waals surface area (Å²) in [5.74, 6) is -0.723. The van der Waals surface area contributed by atoms with Crippen molar-refractivity contribution >= 4 is 18.3 Å². The first-order valence-corrected chi connectivity index (χ1v) is 9.15. The van der Waals surface area contributed by atoms with Gasteiger partial charge in [0.15, 0.2) is 0 Å². The van der Waals surface area contributed by atoms with Crippen LogP contribution in [0.15, 0.2) is 65.6 Å². The summed E-state index contributed by atoms with van der Waals surface area (Å²) in [5.41, 5.74) is 20.6. The zero-order valence-corrected chi connectivity index (χ0v) is 16.1. The molecule has 3 aromatic rings. The van der Waals surface area contributed by atoms with Crippen molar-refractivity contribution in [3.8, 4) is 28.4 Å². The summed E-state index contributed by atoms with van der Waals surface area (Å²) >= 11 is 4.22. The normalized spacial score (nSPS) is 11.4. The maximum atomic E-state index is 10.5. The quantitative estimate of drug-likeness (QED) is 0.164. The standard InChI is InChI=1S/C21H23N3O3S/c22-19-18(13-1-4-15(25)5-2-13)10-3-14(20(19)26)11-12-21(23,24)27-16-6-8-17(28)9-7-16/h1-10,25-26,28H,11-12,22-24H2. The molecule has 146 valence electrons. The van der Waals surface area contributed by atoms with Crippen molar-refractivity contribution in [2.24, 2.45) is 11.5 Å². The number of anilines is 1. The molecule has 3 rings (SSSR count). The molecule has 0 aromatic heterocycles. The van der Waals surface area contributed by atoms with E-state index in [9.17, 15) is 10.2 Å². The Labute approximate surface area is 169 Å². The third kappa shape index (κ3) is 4.69. The zero-order valence-electron chi connectivity index (χ0n) is 15.2. The molecule has 0 radical (unpaired) electrons. The van der Waals surface area contributed by atoms with Crippen molar-refractivity contribution in [2.75, 3.05) is 5.73 Å². The number of hydrogen-bond donors (Lipinski definition) is 6. The maximum absolute atomic E-state index is 10.5. The lowest BCUT2D eigenvalue weighted by Gasteiger charge is -2.26. The largest absolute Gasteiger partial charge is 0.508 e. The number of benzene rings is 3. The Morgan fingerprint density at radius 1 is 0.893 bits per heavy atom. The lowest BCUT2D eigenvalue weighted by Crippen LogP contribution is -2.55. The van der Waals surface area contributed by atoms with E-state index in [1.807, 2.05) is 6.07 Å². The fraction of sp³-hybridized carbons (Fsp3) is 0.143. The first kappa shape index (κ1) is 19.9. The molecule has 0 saturated heterocycles. The number of phenolic OH excluding ortho intramolecular Hbond substituents is 2. The molecule has 0 aliphatic heterocycles. The van der Waals surface area contributed by atoms with E-state index in [1.165, 1.54) is 0 Å². The molecule has 0 aliphatic carbocycles. The van der Waals surface area contributed by atoms with Gasteiger partial charge in [0, 0.05) is 16.9 Å². The number of aromatic hydroxyl groups is 2. The topological polar surface area (TPSA) is 128 Å². The van der Waals surface area contributed by atoms with Gasteiger partial charge in [-0.05, 0) is 53.9 Å². The first-order chi connectivity index (χ1) is 13.2. The Morgan fingerprint density at radius 2 is 1.54 bits per heavy atom. The average Bonchev–Trinajstić information content (AvgIpc) is 2.66. The molecule has 6 nitrogen and oxygen atoms in total. The number of hydrogen-bond acceptors (Lipinski definition) is 7. The second-order valence-electron chi connectivity index (χ2n) is 6.63. The summed E-state index contributed by atoms with van der Waals surface area (Å²) in [4.78, 5) is 0.807. The Balaban J connectivity index is 1.72. The fourth-order valence-corrected chi connectivity index (χ4v) is 3.01. The van der Waals surface area contributed by atoms with Crippen LogP contribution in [-0.4, -0.2) is 16.1 Å². The van der Waals surface area contributed by atoms with Gasteiger partial charge in [0.2, 0.25) is 5.85 Å². The maximum Gasteiger partial charge on any atom is 0.213 e. The number of nitrogens with two attached hydrogens (primary N) is 3. The molecule has 28 heavy (non-hydrogen) atoms. The highest BCUT2D eigenvalue weighted by Crippen LogP contribution is 2.36. The van der Waals surface area contributed by atoms with Gasteiger partial charge in [0.05, 0.1) is 5.69 Å². The Morgan fingerprint density at radius 3 is 2.18 bits per heavy atom. The molecule has 0 heterocycles. The molecule has 8 N–H and O–H groups in total. The van der Waals surface area contributed by atoms with E-state index in [4.69, 9.17) is 21.9 Å². The smallest absolute Gasteiger partial charge is 0.213 e. The van der Waals surface area contributed by atoms with Crippen LogP contribution in [0.2, 0.25) is 0 Å². The molecule has 0 fully saturated rings. The highest BCUT2D eigenvalue weighted by Gasteiger charge is 2.22. The number of ether oxygens (including phenoxy) is 1. The van der Waals surface area contributed by atoms with Crippen molar-refractivity contribution < 1.29 is 14.9 Å². The molecular formula is C21H23N3O3S. The second kappa shape index (κ2) is 8.02. The predicted octanol–water partition coefficient (Wildman–Crippen LogP) is 3.22. The third-order valence-electron chi connectivity index (χ3n) is 4.41. The molecule has 3 aromatic carbocycles. The van der Waals surface area contributed by atoms with Crippen LogP contribution in [-0.2, 0) is 6.42 Å². The van der Waals surface area contributed by atoms with Crippen molar-refractivity contribution in [2.45, 2.75) is 23.6 Å². The van der Waals surface area contributed by atoms with Gasteiger partial charge < -0.3 is 20.7 Å². The monoisotopic (exact) mass is 397 g/mol. The van der Waals surface area contributed by atoms with Gasteiger partial charge >= 0.3 is 0 Å². The lowest BCUT2D eigenvalue weighted by molar-refractivity contribution is 0.0732. The molecule has 0 saturated carbocycles. The van der Waals surface area contributed by atoms with Gasteiger partial charge in [-0.15, -0.1) is 12.6 Å². The SMILES string of the molecule is Nc1c(-c2ccc(O)cc2)ccc(CCC(N)(N)Oc2ccc(S)cc2)c1O. The highest BCUT2D eigenvalue weighted by molar-refractivity contribution is 7.80. The van der Waals surface area contributed by atoms with E-state index < -0.39 is 5.85 Å². The van der Waals surface area contributed by atoms with Crippen molar-refractivity contribution in [1.82, 2.24) is 0 Å². The third-order valence-corrected chi connectivity index (χ3v) is 4.71. The molecule has 7 heteroatoms. The Kier molecular flexibility index (Phi) is 5.69. The summed E-state index contributed by atoms with van der Waals surface area (Å²) in [5, 5.41) is 19.9. The summed E-state index contributed by atoms with van der Waals surface area (Å²) in [6, 6.07) is 17.2. The minimum Gasteiger partial charge on any atom is -0.508 e. The number of thiol groups is 1. The fourth-order valence-electron chi connectivity index (χ4n) is 2.86. The average molecular weight is 398 g/mol. The van der Waals surface area contributed by atoms with Crippen LogP contribution in [0.4, 0.5) is 5.69 Å². The van der Waals surface area contributed by atoms with Gasteiger partial charge in [0.25, 0.3) is 0 Å². The summed E-state index contributed by atoms with van der Waals surface area (Å²) in [6.45, 7) is 0. The molecule has 0 unspecified atom stereocenters. The van der Waals surface area contributed by atoms with Gasteiger partial charge in [-0.1, -0.05) is 24.3 Å². The minimum absolute atomic E-state index is 0.0131. The van der Waals surface area contributed by atoms with Gasteiger partial charge in [-0.25, -0.2) is 0 Å².